The number of aromatic nitrogens is 1. The zero-order valence-electron chi connectivity index (χ0n) is 11.0. The number of halogens is 1. The first kappa shape index (κ1) is 14.0. The molecule has 0 bridgehead atoms. The van der Waals surface area contributed by atoms with Gasteiger partial charge in [0.2, 0.25) is 0 Å². The van der Waals surface area contributed by atoms with Crippen LogP contribution in [-0.4, -0.2) is 16.1 Å². The van der Waals surface area contributed by atoms with Gasteiger partial charge in [-0.1, -0.05) is 48.0 Å². The fourth-order valence-electron chi connectivity index (χ4n) is 2.04. The van der Waals surface area contributed by atoms with E-state index in [-0.39, 0.29) is 0 Å². The van der Waals surface area contributed by atoms with Crippen molar-refractivity contribution in [2.24, 2.45) is 5.41 Å². The third kappa shape index (κ3) is 2.94. The summed E-state index contributed by atoms with van der Waals surface area (Å²) in [5.74, 6) is 1.16. The molecule has 1 N–H and O–H groups in total. The summed E-state index contributed by atoms with van der Waals surface area (Å²) in [4.78, 5) is 3.49. The summed E-state index contributed by atoms with van der Waals surface area (Å²) in [5, 5.41) is 3.67. The van der Waals surface area contributed by atoms with Crippen molar-refractivity contribution >= 4 is 38.6 Å². The average molecular weight is 326 g/mol. The number of nitrogens with one attached hydrogen (secondary N) is 1. The van der Waals surface area contributed by atoms with Crippen molar-refractivity contribution < 1.29 is 0 Å². The van der Waals surface area contributed by atoms with Crippen LogP contribution in [0.2, 0.25) is 0 Å². The Bertz CT molecular complexity index is 461. The van der Waals surface area contributed by atoms with Crippen LogP contribution >= 0.6 is 27.7 Å². The first-order valence-electron chi connectivity index (χ1n) is 6.49. The van der Waals surface area contributed by atoms with Crippen LogP contribution in [-0.2, 0) is 0 Å². The highest BCUT2D eigenvalue weighted by Gasteiger charge is 2.25. The lowest BCUT2D eigenvalue weighted by Gasteiger charge is -2.28. The van der Waals surface area contributed by atoms with Gasteiger partial charge >= 0.3 is 0 Å². The van der Waals surface area contributed by atoms with Gasteiger partial charge in [-0.05, 0) is 30.4 Å². The molecule has 3 heteroatoms. The van der Waals surface area contributed by atoms with E-state index in [2.05, 4.69) is 65.1 Å². The summed E-state index contributed by atoms with van der Waals surface area (Å²) < 4.78 is 0. The van der Waals surface area contributed by atoms with Gasteiger partial charge in [0.25, 0.3) is 0 Å². The number of aromatic amines is 1. The Morgan fingerprint density at radius 2 is 1.94 bits per heavy atom. The number of H-pyrrole nitrogens is 1. The number of para-hydroxylation sites is 1. The van der Waals surface area contributed by atoms with Crippen LogP contribution < -0.4 is 0 Å². The van der Waals surface area contributed by atoms with E-state index in [0.29, 0.717) is 5.41 Å². The van der Waals surface area contributed by atoms with E-state index in [9.17, 15) is 0 Å². The fourth-order valence-corrected chi connectivity index (χ4v) is 4.66. The minimum atomic E-state index is 0.419. The molecule has 0 fully saturated rings. The van der Waals surface area contributed by atoms with E-state index < -0.39 is 0 Å². The summed E-state index contributed by atoms with van der Waals surface area (Å²) in [5.41, 5.74) is 1.65. The predicted molar refractivity (Wildman–Crippen MR) is 85.8 cm³/mol. The number of alkyl halides is 1. The first-order valence-corrected chi connectivity index (χ1v) is 8.60. The van der Waals surface area contributed by atoms with Crippen molar-refractivity contribution in [1.82, 2.24) is 4.98 Å². The molecule has 98 valence electrons. The van der Waals surface area contributed by atoms with Crippen molar-refractivity contribution in [3.63, 3.8) is 0 Å². The Morgan fingerprint density at radius 3 is 2.56 bits per heavy atom. The molecule has 1 nitrogen and oxygen atoms in total. The summed E-state index contributed by atoms with van der Waals surface area (Å²) in [6.07, 6.45) is 2.45. The number of benzene rings is 1. The molecule has 2 aromatic rings. The molecule has 1 aromatic heterocycles. The maximum Gasteiger partial charge on any atom is 0.0732 e. The standard InChI is InChI=1S/C15H20BrNS/c1-3-15(4-2,10-16)11-18-14-9-12-7-5-6-8-13(12)17-14/h5-9,17H,3-4,10-11H2,1-2H3. The van der Waals surface area contributed by atoms with Crippen LogP contribution in [0.15, 0.2) is 35.4 Å². The molecule has 0 atom stereocenters. The van der Waals surface area contributed by atoms with Gasteiger partial charge in [-0.3, -0.25) is 0 Å². The second-order valence-electron chi connectivity index (χ2n) is 4.85. The van der Waals surface area contributed by atoms with Gasteiger partial charge in [-0.2, -0.15) is 0 Å². The van der Waals surface area contributed by atoms with Gasteiger partial charge < -0.3 is 4.98 Å². The first-order chi connectivity index (χ1) is 8.73. The van der Waals surface area contributed by atoms with Crippen molar-refractivity contribution in [3.8, 4) is 0 Å². The molecule has 18 heavy (non-hydrogen) atoms. The molecule has 1 heterocycles. The Kier molecular flexibility index (Phi) is 4.79. The van der Waals surface area contributed by atoms with Gasteiger partial charge in [0.1, 0.15) is 0 Å². The lowest BCUT2D eigenvalue weighted by Crippen LogP contribution is -2.23. The molecule has 0 radical (unpaired) electrons. The van der Waals surface area contributed by atoms with E-state index in [1.807, 2.05) is 11.8 Å². The Balaban J connectivity index is 2.09. The lowest BCUT2D eigenvalue weighted by atomic mass is 9.87. The van der Waals surface area contributed by atoms with Crippen LogP contribution in [0.1, 0.15) is 26.7 Å². The monoisotopic (exact) mass is 325 g/mol. The molecule has 1 aromatic carbocycles. The molecule has 0 spiro atoms. The van der Waals surface area contributed by atoms with Gasteiger partial charge in [0, 0.05) is 22.0 Å². The highest BCUT2D eigenvalue weighted by molar-refractivity contribution is 9.09. The zero-order chi connectivity index (χ0) is 13.0. The minimum absolute atomic E-state index is 0.419. The second kappa shape index (κ2) is 6.16. The largest absolute Gasteiger partial charge is 0.350 e. The maximum absolute atomic E-state index is 3.68. The Hall–Kier alpha value is -0.410. The summed E-state index contributed by atoms with van der Waals surface area (Å²) in [6, 6.07) is 10.7. The summed E-state index contributed by atoms with van der Waals surface area (Å²) in [7, 11) is 0. The van der Waals surface area contributed by atoms with Gasteiger partial charge in [-0.25, -0.2) is 0 Å². The van der Waals surface area contributed by atoms with Crippen molar-refractivity contribution in [2.75, 3.05) is 11.1 Å². The van der Waals surface area contributed by atoms with Crippen LogP contribution in [0, 0.1) is 5.41 Å². The fraction of sp³-hybridized carbons (Fsp3) is 0.467. The molecule has 0 amide bonds. The number of hydrogen-bond acceptors (Lipinski definition) is 1. The average Bonchev–Trinajstić information content (AvgIpc) is 2.84. The molecule has 0 aliphatic rings. The predicted octanol–water partition coefficient (Wildman–Crippen LogP) is 5.46. The van der Waals surface area contributed by atoms with E-state index in [4.69, 9.17) is 0 Å². The highest BCUT2D eigenvalue weighted by Crippen LogP contribution is 2.36. The molecular weight excluding hydrogens is 306 g/mol. The second-order valence-corrected chi connectivity index (χ2v) is 6.43. The Morgan fingerprint density at radius 1 is 1.22 bits per heavy atom. The molecule has 0 unspecified atom stereocenters. The van der Waals surface area contributed by atoms with Crippen molar-refractivity contribution in [2.45, 2.75) is 31.7 Å². The van der Waals surface area contributed by atoms with E-state index in [1.54, 1.807) is 0 Å². The lowest BCUT2D eigenvalue weighted by molar-refractivity contribution is 0.359. The van der Waals surface area contributed by atoms with Crippen molar-refractivity contribution in [3.05, 3.63) is 30.3 Å². The van der Waals surface area contributed by atoms with Crippen LogP contribution in [0.4, 0.5) is 0 Å². The minimum Gasteiger partial charge on any atom is -0.350 e. The topological polar surface area (TPSA) is 15.8 Å². The van der Waals surface area contributed by atoms with Crippen LogP contribution in [0.5, 0.6) is 0 Å². The van der Waals surface area contributed by atoms with Gasteiger partial charge in [0.15, 0.2) is 0 Å². The van der Waals surface area contributed by atoms with Gasteiger partial charge in [-0.15, -0.1) is 11.8 Å². The summed E-state index contributed by atoms with van der Waals surface area (Å²) >= 11 is 5.62. The van der Waals surface area contributed by atoms with Crippen molar-refractivity contribution in [1.29, 1.82) is 0 Å². The molecular formula is C15H20BrNS. The highest BCUT2D eigenvalue weighted by atomic mass is 79.9. The van der Waals surface area contributed by atoms with Crippen LogP contribution in [0.3, 0.4) is 0 Å². The van der Waals surface area contributed by atoms with Crippen LogP contribution in [0.25, 0.3) is 10.9 Å². The zero-order valence-corrected chi connectivity index (χ0v) is 13.4. The van der Waals surface area contributed by atoms with E-state index in [1.165, 1.54) is 28.8 Å². The molecule has 0 aliphatic heterocycles. The van der Waals surface area contributed by atoms with E-state index in [0.717, 1.165) is 11.1 Å². The molecule has 0 saturated carbocycles. The summed E-state index contributed by atoms with van der Waals surface area (Å²) in [6.45, 7) is 4.58. The number of fused-ring (bicyclic) bond motifs is 1. The van der Waals surface area contributed by atoms with Gasteiger partial charge in [0.05, 0.1) is 5.03 Å². The number of rotatable bonds is 6. The third-order valence-electron chi connectivity index (χ3n) is 3.82. The molecule has 0 saturated heterocycles. The molecule has 0 aliphatic carbocycles. The number of thioether (sulfide) groups is 1. The number of hydrogen-bond donors (Lipinski definition) is 1. The normalized spacial score (nSPS) is 12.2. The smallest absolute Gasteiger partial charge is 0.0732 e. The third-order valence-corrected chi connectivity index (χ3v) is 6.30. The SMILES string of the molecule is CCC(CC)(CBr)CSc1cc2ccccc2[nH]1. The Labute approximate surface area is 122 Å². The quantitative estimate of drug-likeness (QED) is 0.550. The molecule has 2 rings (SSSR count). The van der Waals surface area contributed by atoms with E-state index >= 15 is 0 Å². The maximum atomic E-state index is 3.68.